The highest BCUT2D eigenvalue weighted by Gasteiger charge is 2.45. The van der Waals surface area contributed by atoms with Crippen molar-refractivity contribution in [1.82, 2.24) is 9.80 Å². The molecular weight excluding hydrogens is 348 g/mol. The summed E-state index contributed by atoms with van der Waals surface area (Å²) in [6, 6.07) is 18.8. The zero-order chi connectivity index (χ0) is 19.4. The third-order valence-corrected chi connectivity index (χ3v) is 6.44. The van der Waals surface area contributed by atoms with E-state index in [2.05, 4.69) is 46.2 Å². The first-order chi connectivity index (χ1) is 13.7. The first-order valence-electron chi connectivity index (χ1n) is 10.4. The number of nitrogens with zero attached hydrogens (tertiary/aromatic N) is 2. The van der Waals surface area contributed by atoms with E-state index in [0.717, 1.165) is 57.6 Å². The molecule has 2 aliphatic rings. The van der Waals surface area contributed by atoms with Crippen LogP contribution in [0.5, 0.6) is 5.75 Å². The predicted molar refractivity (Wildman–Crippen MR) is 111 cm³/mol. The molecule has 148 valence electrons. The van der Waals surface area contributed by atoms with Gasteiger partial charge in [0.1, 0.15) is 5.75 Å². The molecule has 0 aliphatic carbocycles. The fourth-order valence-electron chi connectivity index (χ4n) is 4.80. The number of rotatable bonds is 5. The number of hydrogen-bond acceptors (Lipinski definition) is 3. The number of hydrogen-bond donors (Lipinski definition) is 0. The smallest absolute Gasteiger partial charge is 0.223 e. The Bertz CT molecular complexity index is 790. The molecule has 1 amide bonds. The first kappa shape index (κ1) is 19.0. The Labute approximate surface area is 168 Å². The molecule has 2 aromatic carbocycles. The summed E-state index contributed by atoms with van der Waals surface area (Å²) in [5, 5.41) is 0. The van der Waals surface area contributed by atoms with Gasteiger partial charge in [-0.25, -0.2) is 0 Å². The van der Waals surface area contributed by atoms with Crippen LogP contribution in [0.2, 0.25) is 0 Å². The van der Waals surface area contributed by atoms with Crippen molar-refractivity contribution in [2.75, 3.05) is 20.2 Å². The van der Waals surface area contributed by atoms with Crippen LogP contribution in [0.4, 0.5) is 0 Å². The fraction of sp³-hybridized carbons (Fsp3) is 0.458. The molecule has 0 bridgehead atoms. The van der Waals surface area contributed by atoms with Crippen molar-refractivity contribution >= 4 is 5.91 Å². The SMILES string of the molecule is COc1ccc(CN2CCC[C@@]3(CCC(=O)N3Cc3ccccc3)CC2)cc1. The van der Waals surface area contributed by atoms with Crippen LogP contribution in [0.3, 0.4) is 0 Å². The van der Waals surface area contributed by atoms with Crippen LogP contribution in [0.1, 0.15) is 43.2 Å². The minimum atomic E-state index is 0.0432. The third-order valence-electron chi connectivity index (χ3n) is 6.44. The Balaban J connectivity index is 1.43. The lowest BCUT2D eigenvalue weighted by molar-refractivity contribution is -0.132. The lowest BCUT2D eigenvalue weighted by Gasteiger charge is -2.38. The number of carbonyl (C=O) groups excluding carboxylic acids is 1. The molecule has 4 heteroatoms. The van der Waals surface area contributed by atoms with Gasteiger partial charge in [-0.05, 0) is 55.5 Å². The summed E-state index contributed by atoms with van der Waals surface area (Å²) in [4.78, 5) is 17.4. The monoisotopic (exact) mass is 378 g/mol. The van der Waals surface area contributed by atoms with E-state index in [9.17, 15) is 4.79 Å². The van der Waals surface area contributed by atoms with Crippen molar-refractivity contribution in [3.05, 3.63) is 65.7 Å². The molecule has 4 rings (SSSR count). The largest absolute Gasteiger partial charge is 0.497 e. The van der Waals surface area contributed by atoms with Crippen LogP contribution < -0.4 is 4.74 Å². The Hall–Kier alpha value is -2.33. The van der Waals surface area contributed by atoms with E-state index in [1.165, 1.54) is 11.1 Å². The minimum Gasteiger partial charge on any atom is -0.497 e. The topological polar surface area (TPSA) is 32.8 Å². The highest BCUT2D eigenvalue weighted by Crippen LogP contribution is 2.40. The molecular formula is C24H30N2O2. The van der Waals surface area contributed by atoms with Crippen molar-refractivity contribution in [3.8, 4) is 5.75 Å². The van der Waals surface area contributed by atoms with E-state index in [0.29, 0.717) is 12.3 Å². The molecule has 0 saturated carbocycles. The number of ether oxygens (including phenoxy) is 1. The molecule has 2 aromatic rings. The van der Waals surface area contributed by atoms with Gasteiger partial charge in [-0.15, -0.1) is 0 Å². The average molecular weight is 379 g/mol. The molecule has 2 saturated heterocycles. The van der Waals surface area contributed by atoms with E-state index >= 15 is 0 Å². The van der Waals surface area contributed by atoms with Crippen LogP contribution in [0.15, 0.2) is 54.6 Å². The quantitative estimate of drug-likeness (QED) is 0.780. The lowest BCUT2D eigenvalue weighted by atomic mass is 9.87. The van der Waals surface area contributed by atoms with Gasteiger partial charge in [0.05, 0.1) is 7.11 Å². The van der Waals surface area contributed by atoms with Crippen LogP contribution in [-0.2, 0) is 17.9 Å². The maximum Gasteiger partial charge on any atom is 0.223 e. The van der Waals surface area contributed by atoms with Crippen molar-refractivity contribution in [2.24, 2.45) is 0 Å². The molecule has 0 radical (unpaired) electrons. The van der Waals surface area contributed by atoms with E-state index in [1.807, 2.05) is 18.2 Å². The average Bonchev–Trinajstić information content (AvgIpc) is 2.90. The van der Waals surface area contributed by atoms with Crippen molar-refractivity contribution in [3.63, 3.8) is 0 Å². The lowest BCUT2D eigenvalue weighted by Crippen LogP contribution is -2.45. The van der Waals surface area contributed by atoms with Crippen molar-refractivity contribution in [2.45, 2.75) is 50.7 Å². The molecule has 2 heterocycles. The Morgan fingerprint density at radius 1 is 0.893 bits per heavy atom. The second-order valence-electron chi connectivity index (χ2n) is 8.17. The third kappa shape index (κ3) is 4.07. The van der Waals surface area contributed by atoms with Gasteiger partial charge in [0.25, 0.3) is 0 Å². The Morgan fingerprint density at radius 2 is 1.64 bits per heavy atom. The number of benzene rings is 2. The van der Waals surface area contributed by atoms with E-state index in [-0.39, 0.29) is 5.54 Å². The predicted octanol–water partition coefficient (Wildman–Crippen LogP) is 4.24. The number of amides is 1. The summed E-state index contributed by atoms with van der Waals surface area (Å²) in [5.41, 5.74) is 2.60. The summed E-state index contributed by atoms with van der Waals surface area (Å²) in [5.74, 6) is 1.23. The van der Waals surface area contributed by atoms with Gasteiger partial charge in [-0.1, -0.05) is 42.5 Å². The summed E-state index contributed by atoms with van der Waals surface area (Å²) < 4.78 is 5.26. The Morgan fingerprint density at radius 3 is 2.39 bits per heavy atom. The number of methoxy groups -OCH3 is 1. The van der Waals surface area contributed by atoms with Crippen LogP contribution in [-0.4, -0.2) is 41.4 Å². The molecule has 1 spiro atoms. The van der Waals surface area contributed by atoms with Crippen molar-refractivity contribution < 1.29 is 9.53 Å². The van der Waals surface area contributed by atoms with E-state index in [4.69, 9.17) is 4.74 Å². The van der Waals surface area contributed by atoms with Gasteiger partial charge in [0.15, 0.2) is 0 Å². The molecule has 4 nitrogen and oxygen atoms in total. The van der Waals surface area contributed by atoms with E-state index < -0.39 is 0 Å². The normalized spacial score (nSPS) is 23.2. The fourth-order valence-corrected chi connectivity index (χ4v) is 4.80. The van der Waals surface area contributed by atoms with Gasteiger partial charge in [0.2, 0.25) is 5.91 Å². The zero-order valence-corrected chi connectivity index (χ0v) is 16.8. The van der Waals surface area contributed by atoms with Gasteiger partial charge in [-0.2, -0.15) is 0 Å². The summed E-state index contributed by atoms with van der Waals surface area (Å²) in [7, 11) is 1.70. The molecule has 2 aliphatic heterocycles. The minimum absolute atomic E-state index is 0.0432. The molecule has 28 heavy (non-hydrogen) atoms. The molecule has 0 unspecified atom stereocenters. The van der Waals surface area contributed by atoms with Crippen LogP contribution in [0, 0.1) is 0 Å². The second kappa shape index (κ2) is 8.36. The number of carbonyl (C=O) groups is 1. The van der Waals surface area contributed by atoms with Gasteiger partial charge < -0.3 is 9.64 Å². The standard InChI is InChI=1S/C24H30N2O2/c1-28-22-10-8-21(9-11-22)18-25-16-5-13-24(15-17-25)14-12-23(27)26(24)19-20-6-3-2-4-7-20/h2-4,6-11H,5,12-19H2,1H3/t24-/m1/s1. The highest BCUT2D eigenvalue weighted by atomic mass is 16.5. The molecule has 1 atom stereocenters. The molecule has 0 aromatic heterocycles. The summed E-state index contributed by atoms with van der Waals surface area (Å²) in [6.45, 7) is 3.86. The highest BCUT2D eigenvalue weighted by molar-refractivity contribution is 5.79. The molecule has 2 fully saturated rings. The van der Waals surface area contributed by atoms with E-state index in [1.54, 1.807) is 7.11 Å². The number of likely N-dealkylation sites (tertiary alicyclic amines) is 2. The first-order valence-corrected chi connectivity index (χ1v) is 10.4. The zero-order valence-electron chi connectivity index (χ0n) is 16.8. The van der Waals surface area contributed by atoms with Gasteiger partial charge in [0, 0.05) is 31.6 Å². The summed E-state index contributed by atoms with van der Waals surface area (Å²) in [6.07, 6.45) is 5.04. The maximum absolute atomic E-state index is 12.7. The van der Waals surface area contributed by atoms with Crippen LogP contribution >= 0.6 is 0 Å². The Kier molecular flexibility index (Phi) is 5.67. The second-order valence-corrected chi connectivity index (χ2v) is 8.17. The summed E-state index contributed by atoms with van der Waals surface area (Å²) >= 11 is 0. The van der Waals surface area contributed by atoms with Crippen molar-refractivity contribution in [1.29, 1.82) is 0 Å². The maximum atomic E-state index is 12.7. The van der Waals surface area contributed by atoms with Gasteiger partial charge >= 0.3 is 0 Å². The van der Waals surface area contributed by atoms with Crippen LogP contribution in [0.25, 0.3) is 0 Å². The molecule has 0 N–H and O–H groups in total. The van der Waals surface area contributed by atoms with Gasteiger partial charge in [-0.3, -0.25) is 9.69 Å².